The van der Waals surface area contributed by atoms with Gasteiger partial charge in [-0.2, -0.15) is 0 Å². The van der Waals surface area contributed by atoms with Gasteiger partial charge in [0.2, 0.25) is 10.0 Å². The molecule has 1 rings (SSSR count). The van der Waals surface area contributed by atoms with Crippen molar-refractivity contribution in [3.63, 3.8) is 0 Å². The standard InChI is InChI=1S/C13H20Cl2N2O2S/c1-4-6-17(3)20(18,19)13-7-10(9-16-5-2)11(14)8-12(13)15/h7-8,16H,4-6,9H2,1-3H3. The third-order valence-corrected chi connectivity index (χ3v) is 5.57. The van der Waals surface area contributed by atoms with Crippen LogP contribution in [0.4, 0.5) is 0 Å². The van der Waals surface area contributed by atoms with Gasteiger partial charge in [-0.15, -0.1) is 0 Å². The second kappa shape index (κ2) is 7.61. The van der Waals surface area contributed by atoms with Crippen molar-refractivity contribution in [3.05, 3.63) is 27.7 Å². The largest absolute Gasteiger partial charge is 0.313 e. The Bertz CT molecular complexity index is 562. The highest BCUT2D eigenvalue weighted by Gasteiger charge is 2.24. The SMILES string of the molecule is CCCN(C)S(=O)(=O)c1cc(CNCC)c(Cl)cc1Cl. The average Bonchev–Trinajstić information content (AvgIpc) is 2.37. The van der Waals surface area contributed by atoms with E-state index in [1.165, 1.54) is 10.4 Å². The molecule has 0 spiro atoms. The maximum absolute atomic E-state index is 12.5. The van der Waals surface area contributed by atoms with Gasteiger partial charge < -0.3 is 5.32 Å². The molecule has 1 aromatic rings. The summed E-state index contributed by atoms with van der Waals surface area (Å²) in [5, 5.41) is 3.74. The number of rotatable bonds is 7. The third-order valence-electron chi connectivity index (χ3n) is 2.89. The van der Waals surface area contributed by atoms with E-state index in [2.05, 4.69) is 5.32 Å². The van der Waals surface area contributed by atoms with Crippen LogP contribution in [0.5, 0.6) is 0 Å². The van der Waals surface area contributed by atoms with Crippen LogP contribution >= 0.6 is 23.2 Å². The molecule has 0 radical (unpaired) electrons. The molecule has 0 aliphatic rings. The summed E-state index contributed by atoms with van der Waals surface area (Å²) >= 11 is 12.1. The summed E-state index contributed by atoms with van der Waals surface area (Å²) in [4.78, 5) is 0.104. The van der Waals surface area contributed by atoms with E-state index in [0.29, 0.717) is 18.1 Å². The minimum atomic E-state index is -3.58. The number of hydrogen-bond acceptors (Lipinski definition) is 3. The first-order valence-corrected chi connectivity index (χ1v) is 8.69. The normalized spacial score (nSPS) is 12.1. The molecule has 0 aliphatic heterocycles. The fourth-order valence-electron chi connectivity index (χ4n) is 1.77. The maximum atomic E-state index is 12.5. The van der Waals surface area contributed by atoms with Crippen LogP contribution in [-0.4, -0.2) is 32.9 Å². The van der Waals surface area contributed by atoms with Crippen molar-refractivity contribution in [2.45, 2.75) is 31.7 Å². The Hall–Kier alpha value is -0.330. The summed E-state index contributed by atoms with van der Waals surface area (Å²) < 4.78 is 26.2. The molecule has 0 aliphatic carbocycles. The first-order chi connectivity index (χ1) is 9.34. The van der Waals surface area contributed by atoms with Gasteiger partial charge in [-0.1, -0.05) is 37.0 Å². The Kier molecular flexibility index (Phi) is 6.75. The Balaban J connectivity index is 3.23. The Morgan fingerprint density at radius 3 is 2.40 bits per heavy atom. The molecule has 0 amide bonds. The highest BCUT2D eigenvalue weighted by atomic mass is 35.5. The lowest BCUT2D eigenvalue weighted by Crippen LogP contribution is -2.28. The molecular weight excluding hydrogens is 319 g/mol. The van der Waals surface area contributed by atoms with Crippen molar-refractivity contribution < 1.29 is 8.42 Å². The molecule has 0 heterocycles. The van der Waals surface area contributed by atoms with Gasteiger partial charge >= 0.3 is 0 Å². The van der Waals surface area contributed by atoms with Crippen LogP contribution in [0.1, 0.15) is 25.8 Å². The number of benzene rings is 1. The van der Waals surface area contributed by atoms with Gasteiger partial charge in [-0.3, -0.25) is 0 Å². The second-order valence-corrected chi connectivity index (χ2v) is 7.31. The monoisotopic (exact) mass is 338 g/mol. The highest BCUT2D eigenvalue weighted by molar-refractivity contribution is 7.89. The number of nitrogens with zero attached hydrogens (tertiary/aromatic N) is 1. The van der Waals surface area contributed by atoms with Crippen molar-refractivity contribution in [2.24, 2.45) is 0 Å². The van der Waals surface area contributed by atoms with Gasteiger partial charge in [0.15, 0.2) is 0 Å². The van der Waals surface area contributed by atoms with E-state index in [9.17, 15) is 8.42 Å². The van der Waals surface area contributed by atoms with Crippen LogP contribution in [0.2, 0.25) is 10.0 Å². The Labute approximate surface area is 131 Å². The average molecular weight is 339 g/mol. The topological polar surface area (TPSA) is 49.4 Å². The molecule has 0 fully saturated rings. The zero-order valence-electron chi connectivity index (χ0n) is 11.9. The third kappa shape index (κ3) is 4.09. The first kappa shape index (κ1) is 17.7. The maximum Gasteiger partial charge on any atom is 0.244 e. The minimum Gasteiger partial charge on any atom is -0.313 e. The van der Waals surface area contributed by atoms with Gasteiger partial charge in [0, 0.05) is 25.2 Å². The molecule has 0 bridgehead atoms. The van der Waals surface area contributed by atoms with Gasteiger partial charge in [-0.05, 0) is 30.7 Å². The van der Waals surface area contributed by atoms with Crippen LogP contribution in [0.25, 0.3) is 0 Å². The minimum absolute atomic E-state index is 0.104. The molecule has 1 aromatic carbocycles. The van der Waals surface area contributed by atoms with Gasteiger partial charge in [0.05, 0.1) is 5.02 Å². The summed E-state index contributed by atoms with van der Waals surface area (Å²) in [6.45, 7) is 5.62. The van der Waals surface area contributed by atoms with Crippen LogP contribution in [0, 0.1) is 0 Å². The van der Waals surface area contributed by atoms with Crippen LogP contribution in [0.3, 0.4) is 0 Å². The van der Waals surface area contributed by atoms with E-state index in [1.54, 1.807) is 13.1 Å². The fraction of sp³-hybridized carbons (Fsp3) is 0.538. The zero-order valence-corrected chi connectivity index (χ0v) is 14.2. The first-order valence-electron chi connectivity index (χ1n) is 6.49. The lowest BCUT2D eigenvalue weighted by atomic mass is 10.2. The molecule has 0 atom stereocenters. The van der Waals surface area contributed by atoms with E-state index in [0.717, 1.165) is 18.5 Å². The van der Waals surface area contributed by atoms with Crippen molar-refractivity contribution >= 4 is 33.2 Å². The lowest BCUT2D eigenvalue weighted by molar-refractivity contribution is 0.468. The van der Waals surface area contributed by atoms with E-state index >= 15 is 0 Å². The number of hydrogen-bond donors (Lipinski definition) is 1. The van der Waals surface area contributed by atoms with Crippen LogP contribution < -0.4 is 5.32 Å². The van der Waals surface area contributed by atoms with E-state index in [1.807, 2.05) is 13.8 Å². The second-order valence-electron chi connectivity index (χ2n) is 4.48. The summed E-state index contributed by atoms with van der Waals surface area (Å²) in [7, 11) is -2.03. The van der Waals surface area contributed by atoms with Gasteiger partial charge in [-0.25, -0.2) is 12.7 Å². The predicted molar refractivity (Wildman–Crippen MR) is 83.9 cm³/mol. The molecule has 20 heavy (non-hydrogen) atoms. The summed E-state index contributed by atoms with van der Waals surface area (Å²) in [6, 6.07) is 3.04. The van der Waals surface area contributed by atoms with Crippen molar-refractivity contribution in [1.29, 1.82) is 0 Å². The smallest absolute Gasteiger partial charge is 0.244 e. The predicted octanol–water partition coefficient (Wildman–Crippen LogP) is 3.13. The van der Waals surface area contributed by atoms with Crippen molar-refractivity contribution in [2.75, 3.05) is 20.1 Å². The van der Waals surface area contributed by atoms with E-state index in [-0.39, 0.29) is 9.92 Å². The van der Waals surface area contributed by atoms with Crippen molar-refractivity contribution in [1.82, 2.24) is 9.62 Å². The molecule has 114 valence electrons. The zero-order chi connectivity index (χ0) is 15.3. The van der Waals surface area contributed by atoms with Crippen LogP contribution in [0.15, 0.2) is 17.0 Å². The number of sulfonamides is 1. The van der Waals surface area contributed by atoms with Gasteiger partial charge in [0.25, 0.3) is 0 Å². The Morgan fingerprint density at radius 1 is 1.20 bits per heavy atom. The number of nitrogens with one attached hydrogen (secondary N) is 1. The molecule has 7 heteroatoms. The van der Waals surface area contributed by atoms with Crippen LogP contribution in [-0.2, 0) is 16.6 Å². The summed E-state index contributed by atoms with van der Waals surface area (Å²) in [5.41, 5.74) is 0.724. The lowest BCUT2D eigenvalue weighted by Gasteiger charge is -2.18. The molecule has 0 aromatic heterocycles. The molecule has 1 N–H and O–H groups in total. The molecule has 4 nitrogen and oxygen atoms in total. The van der Waals surface area contributed by atoms with Crippen molar-refractivity contribution in [3.8, 4) is 0 Å². The number of halogens is 2. The fourth-order valence-corrected chi connectivity index (χ4v) is 3.86. The Morgan fingerprint density at radius 2 is 1.85 bits per heavy atom. The molecule has 0 saturated heterocycles. The van der Waals surface area contributed by atoms with E-state index < -0.39 is 10.0 Å². The highest BCUT2D eigenvalue weighted by Crippen LogP contribution is 2.30. The molecule has 0 unspecified atom stereocenters. The van der Waals surface area contributed by atoms with E-state index in [4.69, 9.17) is 23.2 Å². The molecular formula is C13H20Cl2N2O2S. The molecule has 0 saturated carbocycles. The van der Waals surface area contributed by atoms with Gasteiger partial charge in [0.1, 0.15) is 4.90 Å². The summed E-state index contributed by atoms with van der Waals surface area (Å²) in [6.07, 6.45) is 0.741. The summed E-state index contributed by atoms with van der Waals surface area (Å²) in [5.74, 6) is 0. The quantitative estimate of drug-likeness (QED) is 0.830.